The first-order valence-electron chi connectivity index (χ1n) is 41.9. The summed E-state index contributed by atoms with van der Waals surface area (Å²) >= 11 is 0. The molecule has 0 saturated carbocycles. The number of carbonyl (C=O) groups excluding carboxylic acids is 10. The maximum atomic E-state index is 12.9. The molecule has 0 aliphatic carbocycles. The van der Waals surface area contributed by atoms with E-state index in [-0.39, 0.29) is 210 Å². The molecule has 0 bridgehead atoms. The number of ketones is 5. The third kappa shape index (κ3) is 77.6. The minimum atomic E-state index is -1.11. The second-order valence-electron chi connectivity index (χ2n) is 28.6. The Morgan fingerprint density at radius 2 is 0.699 bits per heavy atom. The summed E-state index contributed by atoms with van der Waals surface area (Å²) in [6.45, 7) is 12.1. The fourth-order valence-electron chi connectivity index (χ4n) is 11.6. The van der Waals surface area contributed by atoms with Crippen LogP contribution < -0.4 is 26.6 Å². The number of amides is 5. The number of nitrogens with one attached hydrogen (secondary N) is 5. The molecule has 31 heteroatoms. The van der Waals surface area contributed by atoms with Crippen molar-refractivity contribution in [3.8, 4) is 0 Å². The zero-order chi connectivity index (χ0) is 84.0. The number of carboxylic acids is 4. The summed E-state index contributed by atoms with van der Waals surface area (Å²) in [5.41, 5.74) is 0. The summed E-state index contributed by atoms with van der Waals surface area (Å²) in [7, 11) is 0. The van der Waals surface area contributed by atoms with E-state index in [4.69, 9.17) is 48.1 Å². The molecule has 5 amide bonds. The van der Waals surface area contributed by atoms with Crippen LogP contribution in [0.15, 0.2) is 0 Å². The van der Waals surface area contributed by atoms with Crippen molar-refractivity contribution in [3.05, 3.63) is 0 Å². The molecule has 0 aliphatic heterocycles. The molecule has 658 valence electrons. The highest BCUT2D eigenvalue weighted by molar-refractivity contribution is 5.88. The summed E-state index contributed by atoms with van der Waals surface area (Å²) in [5.74, 6) is -6.71. The molecule has 0 fully saturated rings. The molecule has 0 radical (unpaired) electrons. The van der Waals surface area contributed by atoms with Gasteiger partial charge in [-0.3, -0.25) is 62.3 Å². The molecular formula is C82H149N5O26. The first-order valence-corrected chi connectivity index (χ1v) is 41.9. The van der Waals surface area contributed by atoms with Crippen LogP contribution in [0.25, 0.3) is 0 Å². The van der Waals surface area contributed by atoms with Crippen molar-refractivity contribution in [3.63, 3.8) is 0 Å². The highest BCUT2D eigenvalue weighted by Gasteiger charge is 2.25. The Bertz CT molecular complexity index is 2580. The van der Waals surface area contributed by atoms with Crippen molar-refractivity contribution in [2.75, 3.05) is 132 Å². The lowest BCUT2D eigenvalue weighted by atomic mass is 9.87. The van der Waals surface area contributed by atoms with Gasteiger partial charge in [-0.05, 0) is 97.8 Å². The van der Waals surface area contributed by atoms with Crippen LogP contribution in [-0.2, 0) is 105 Å². The van der Waals surface area contributed by atoms with E-state index in [1.807, 2.05) is 20.8 Å². The number of Topliss-reactive ketones (excluding diaryl/α,β-unsaturated/α-hetero) is 5. The van der Waals surface area contributed by atoms with Crippen LogP contribution in [0.3, 0.4) is 0 Å². The normalized spacial score (nSPS) is 12.1. The Morgan fingerprint density at radius 1 is 0.301 bits per heavy atom. The van der Waals surface area contributed by atoms with Gasteiger partial charge in [0.2, 0.25) is 29.5 Å². The lowest BCUT2D eigenvalue weighted by Gasteiger charge is -2.16. The SMILES string of the molecule is CCOCC(=O)NCCOCCOCC(=O)NCCCC[C@H](C)C(=O)C[C@@H](CCCCNC(=O)COCCOCCCC(=O)COCCOCCNC(=O)CC[C@H](CC(=O)CCCCCCCCCCCCC(=O)O)C(=O)O)C(C)=O.CCOCCCC(=O)CC[C@H](NC(=O)CCCCCCCCCCCCC(=O)O)C(=O)O.[HH].[HH]. The maximum Gasteiger partial charge on any atom is 0.326 e. The Hall–Kier alpha value is -6.74. The van der Waals surface area contributed by atoms with E-state index in [1.165, 1.54) is 6.92 Å². The van der Waals surface area contributed by atoms with Gasteiger partial charge in [0, 0.05) is 132 Å². The molecular weight excluding hydrogens is 1470 g/mol. The van der Waals surface area contributed by atoms with Crippen LogP contribution in [0.5, 0.6) is 0 Å². The van der Waals surface area contributed by atoms with Crippen LogP contribution >= 0.6 is 0 Å². The second-order valence-corrected chi connectivity index (χ2v) is 28.6. The second kappa shape index (κ2) is 79.1. The van der Waals surface area contributed by atoms with Gasteiger partial charge in [0.05, 0.1) is 58.8 Å². The number of hydrogen-bond donors (Lipinski definition) is 9. The minimum Gasteiger partial charge on any atom is -0.481 e. The predicted octanol–water partition coefficient (Wildman–Crippen LogP) is 10.3. The summed E-state index contributed by atoms with van der Waals surface area (Å²) in [6, 6.07) is -1.02. The Labute approximate surface area is 674 Å². The average molecular weight is 1620 g/mol. The van der Waals surface area contributed by atoms with Gasteiger partial charge >= 0.3 is 23.9 Å². The monoisotopic (exact) mass is 1620 g/mol. The smallest absolute Gasteiger partial charge is 0.326 e. The number of rotatable bonds is 84. The molecule has 4 atom stereocenters. The zero-order valence-electron chi connectivity index (χ0n) is 69.0. The number of aliphatic carboxylic acids is 4. The van der Waals surface area contributed by atoms with Crippen LogP contribution in [0, 0.1) is 17.8 Å². The predicted molar refractivity (Wildman–Crippen MR) is 428 cm³/mol. The van der Waals surface area contributed by atoms with E-state index >= 15 is 0 Å². The number of ether oxygens (including phenoxy) is 8. The van der Waals surface area contributed by atoms with Gasteiger partial charge in [-0.2, -0.15) is 0 Å². The topological polar surface area (TPSA) is 454 Å². The van der Waals surface area contributed by atoms with E-state index in [0.29, 0.717) is 123 Å². The van der Waals surface area contributed by atoms with Crippen LogP contribution in [0.4, 0.5) is 0 Å². The van der Waals surface area contributed by atoms with Crippen molar-refractivity contribution in [2.45, 2.75) is 291 Å². The van der Waals surface area contributed by atoms with E-state index in [2.05, 4.69) is 26.6 Å². The highest BCUT2D eigenvalue weighted by Crippen LogP contribution is 2.21. The molecule has 9 N–H and O–H groups in total. The third-order valence-electron chi connectivity index (χ3n) is 18.4. The average Bonchev–Trinajstić information content (AvgIpc) is 0.915. The summed E-state index contributed by atoms with van der Waals surface area (Å²) in [4.78, 5) is 166. The lowest BCUT2D eigenvalue weighted by molar-refractivity contribution is -0.144. The van der Waals surface area contributed by atoms with Gasteiger partial charge < -0.3 is 84.9 Å². The Morgan fingerprint density at radius 3 is 1.17 bits per heavy atom. The van der Waals surface area contributed by atoms with Crippen LogP contribution in [0.1, 0.15) is 287 Å². The zero-order valence-corrected chi connectivity index (χ0v) is 69.0. The molecule has 0 aliphatic rings. The van der Waals surface area contributed by atoms with Crippen molar-refractivity contribution in [1.82, 2.24) is 26.6 Å². The van der Waals surface area contributed by atoms with E-state index < -0.39 is 35.8 Å². The van der Waals surface area contributed by atoms with Crippen molar-refractivity contribution in [2.24, 2.45) is 17.8 Å². The fourth-order valence-corrected chi connectivity index (χ4v) is 11.6. The molecule has 0 saturated heterocycles. The molecule has 0 aromatic rings. The minimum absolute atomic E-state index is 0. The van der Waals surface area contributed by atoms with Crippen molar-refractivity contribution in [1.29, 1.82) is 0 Å². The van der Waals surface area contributed by atoms with E-state index in [0.717, 1.165) is 128 Å². The van der Waals surface area contributed by atoms with Crippen LogP contribution in [0.2, 0.25) is 0 Å². The van der Waals surface area contributed by atoms with Crippen molar-refractivity contribution >= 4 is 82.3 Å². The van der Waals surface area contributed by atoms with E-state index in [1.54, 1.807) is 0 Å². The first-order chi connectivity index (χ1) is 54.4. The molecule has 113 heavy (non-hydrogen) atoms. The number of hydrogen-bond acceptors (Lipinski definition) is 22. The van der Waals surface area contributed by atoms with Gasteiger partial charge in [-0.1, -0.05) is 122 Å². The Balaban J connectivity index is -0.00000151. The third-order valence-corrected chi connectivity index (χ3v) is 18.4. The molecule has 0 unspecified atom stereocenters. The maximum absolute atomic E-state index is 12.9. The van der Waals surface area contributed by atoms with Gasteiger partial charge in [0.1, 0.15) is 55.6 Å². The fraction of sp³-hybridized carbons (Fsp3) is 0.829. The first kappa shape index (κ1) is 108. The molecule has 31 nitrogen and oxygen atoms in total. The molecule has 0 rings (SSSR count). The van der Waals surface area contributed by atoms with Gasteiger partial charge in [-0.25, -0.2) is 4.79 Å². The number of carbonyl (C=O) groups is 14. The largest absolute Gasteiger partial charge is 0.481 e. The highest BCUT2D eigenvalue weighted by atomic mass is 16.5. The summed E-state index contributed by atoms with van der Waals surface area (Å²) in [6.07, 6.45) is 27.0. The van der Waals surface area contributed by atoms with Gasteiger partial charge in [0.25, 0.3) is 0 Å². The quantitative estimate of drug-likeness (QED) is 0.0255. The Kier molecular flexibility index (Phi) is 75.8. The molecule has 0 aromatic heterocycles. The molecule has 0 heterocycles. The van der Waals surface area contributed by atoms with Crippen molar-refractivity contribution < 1.29 is 128 Å². The van der Waals surface area contributed by atoms with E-state index in [9.17, 15) is 77.3 Å². The number of carboxylic acid groups (broad SMARTS) is 4. The molecule has 0 spiro atoms. The standard InChI is InChI=1S/C58H102N4O19.C24H43NO7.2H2/c1-4-75-43-54(68)62-30-33-78-36-39-81-45-55(69)59-27-17-15-20-46(2)52(66)41-48(47(3)63)21-16-18-28-60-56(70)44-80-38-34-76-31-19-23-51(65)42-79-37-35-77-32-29-61-53(67)26-25-49(58(73)74)40-50(64)22-13-11-9-7-5-6-8-10-12-14-24-57(71)72;1-2-32-19-13-14-20(26)17-18-21(24(30)31)25-22(27)15-11-9-7-5-3-4-6-8-10-12-16-23(28)29;;/h46,48-49H,4-45H2,1-3H3,(H,59,69)(H,60,70)(H,61,67)(H,62,68)(H,71,72)(H,73,74);21H,2-19H2,1H3,(H,25,27)(H,28,29)(H,30,31);2*1H/t46-,48+,49+;21-;;/m00../s1. The molecule has 0 aromatic carbocycles. The van der Waals surface area contributed by atoms with Crippen LogP contribution in [-0.4, -0.2) is 241 Å². The van der Waals surface area contributed by atoms with Gasteiger partial charge in [-0.15, -0.1) is 0 Å². The summed E-state index contributed by atoms with van der Waals surface area (Å²) in [5, 5.41) is 49.6. The number of unbranched alkanes of at least 4 members (excludes halogenated alkanes) is 20. The lowest BCUT2D eigenvalue weighted by Crippen LogP contribution is -2.41. The summed E-state index contributed by atoms with van der Waals surface area (Å²) < 4.78 is 42.5. The van der Waals surface area contributed by atoms with Gasteiger partial charge in [0.15, 0.2) is 5.78 Å².